The van der Waals surface area contributed by atoms with Crippen LogP contribution in [0.15, 0.2) is 0 Å². The Morgan fingerprint density at radius 3 is 1.07 bits per heavy atom. The van der Waals surface area contributed by atoms with Gasteiger partial charge in [-0.15, -0.1) is 11.1 Å². The Morgan fingerprint density at radius 1 is 1.00 bits per heavy atom. The summed E-state index contributed by atoms with van der Waals surface area (Å²) >= 11 is 0. The molecule has 0 saturated heterocycles. The highest BCUT2D eigenvalue weighted by molar-refractivity contribution is 4.04. The first-order valence-corrected chi connectivity index (χ1v) is 3.49. The molecule has 10 nitrogen and oxygen atoms in total. The van der Waals surface area contributed by atoms with Crippen molar-refractivity contribution in [2.75, 3.05) is 28.2 Å². The molecule has 0 aliphatic carbocycles. The normalized spacial score (nSPS) is 8.00. The summed E-state index contributed by atoms with van der Waals surface area (Å²) in [7, 11) is 7.53. The molecule has 0 radical (unpaired) electrons. The summed E-state index contributed by atoms with van der Waals surface area (Å²) in [6.45, 7) is 0. The van der Waals surface area contributed by atoms with E-state index in [0.29, 0.717) is 0 Å². The van der Waals surface area contributed by atoms with Gasteiger partial charge in [-0.1, -0.05) is 0 Å². The number of hydrogen-bond acceptors (Lipinski definition) is 7. The van der Waals surface area contributed by atoms with Crippen LogP contribution in [0.2, 0.25) is 0 Å². The van der Waals surface area contributed by atoms with E-state index in [1.807, 2.05) is 28.2 Å². The van der Waals surface area contributed by atoms with Gasteiger partial charge in [0.05, 0.1) is 5.09 Å². The van der Waals surface area contributed by atoms with Gasteiger partial charge in [-0.2, -0.15) is 0 Å². The Labute approximate surface area is 94.6 Å². The zero-order chi connectivity index (χ0) is 12.1. The minimum Gasteiger partial charge on any atom is -1.00 e. The molecule has 8 N–H and O–H groups in total. The molecule has 0 unspecified atom stereocenters. The lowest BCUT2D eigenvalue weighted by Crippen LogP contribution is -3.00. The Hall–Kier alpha value is -0.750. The van der Waals surface area contributed by atoms with Crippen molar-refractivity contribution in [3.63, 3.8) is 0 Å². The molecule has 0 aromatic carbocycles. The minimum absolute atomic E-state index is 0. The second-order valence-corrected chi connectivity index (χ2v) is 2.33. The summed E-state index contributed by atoms with van der Waals surface area (Å²) in [5.41, 5.74) is 5.22. The lowest BCUT2D eigenvalue weighted by Gasteiger charge is -1.98. The summed E-state index contributed by atoms with van der Waals surface area (Å²) in [5.74, 6) is 6.72. The van der Waals surface area contributed by atoms with Gasteiger partial charge >= 0.3 is 0 Å². The molecule has 0 amide bonds. The van der Waals surface area contributed by atoms with Crippen molar-refractivity contribution in [3.05, 3.63) is 15.3 Å². The van der Waals surface area contributed by atoms with Crippen molar-refractivity contribution < 1.29 is 29.2 Å². The highest BCUT2D eigenvalue weighted by atomic mass is 35.5. The second-order valence-electron chi connectivity index (χ2n) is 2.33. The zero-order valence-electron chi connectivity index (χ0n) is 9.36. The number of nitrogens with one attached hydrogen (secondary N) is 2. The van der Waals surface area contributed by atoms with Gasteiger partial charge in [-0.05, 0) is 0 Å². The molecule has 0 aliphatic rings. The maximum absolute atomic E-state index is 8.25. The second kappa shape index (κ2) is 18.9. The molecule has 0 aliphatic heterocycles. The average molecular weight is 250 g/mol. The summed E-state index contributed by atoms with van der Waals surface area (Å²) < 4.78 is 0. The Kier molecular flexibility index (Phi) is 30.0. The molecular weight excluding hydrogens is 230 g/mol. The van der Waals surface area contributed by atoms with E-state index in [0.717, 1.165) is 0 Å². The van der Waals surface area contributed by atoms with Crippen molar-refractivity contribution in [1.29, 1.82) is 0 Å². The minimum atomic E-state index is -1.75. The van der Waals surface area contributed by atoms with Crippen LogP contribution in [0, 0.1) is 15.3 Å². The predicted octanol–water partition coefficient (Wildman–Crippen LogP) is -6.82. The van der Waals surface area contributed by atoms with Gasteiger partial charge in [0.1, 0.15) is 0 Å². The van der Waals surface area contributed by atoms with E-state index in [1.54, 1.807) is 10.0 Å². The van der Waals surface area contributed by atoms with E-state index in [4.69, 9.17) is 15.3 Å². The van der Waals surface area contributed by atoms with E-state index in [-0.39, 0.29) is 12.4 Å². The van der Waals surface area contributed by atoms with Crippen LogP contribution in [0.4, 0.5) is 0 Å². The number of quaternary nitrogens is 2. The van der Waals surface area contributed by atoms with Gasteiger partial charge < -0.3 is 27.7 Å². The maximum Gasteiger partial charge on any atom is 0.0689 e. The van der Waals surface area contributed by atoms with Gasteiger partial charge in [0, 0.05) is 28.2 Å². The van der Waals surface area contributed by atoms with Crippen molar-refractivity contribution in [2.24, 2.45) is 0 Å². The number of rotatable bonds is 2. The zero-order valence-corrected chi connectivity index (χ0v) is 10.1. The third-order valence-electron chi connectivity index (χ3n) is 0.632. The molecular formula is C4H20ClN7O3. The summed E-state index contributed by atoms with van der Waals surface area (Å²) in [6, 6.07) is 0. The fraction of sp³-hybridized carbons (Fsp3) is 1.00. The van der Waals surface area contributed by atoms with Crippen LogP contribution in [0.5, 0.6) is 0 Å². The Morgan fingerprint density at radius 2 is 1.07 bits per heavy atom. The summed E-state index contributed by atoms with van der Waals surface area (Å²) in [5, 5.41) is 18.3. The first-order valence-electron chi connectivity index (χ1n) is 3.49. The molecule has 0 fully saturated rings. The van der Waals surface area contributed by atoms with E-state index in [1.165, 1.54) is 0 Å². The first kappa shape index (κ1) is 23.8. The molecule has 96 valence electrons. The number of nitrogens with zero attached hydrogens (tertiary/aromatic N) is 3. The molecule has 11 heteroatoms. The molecule has 0 spiro atoms. The monoisotopic (exact) mass is 249 g/mol. The molecule has 0 rings (SSSR count). The fourth-order valence-corrected chi connectivity index (χ4v) is 0. The highest BCUT2D eigenvalue weighted by Crippen LogP contribution is 1.45. The third-order valence-corrected chi connectivity index (χ3v) is 0.632. The average Bonchev–Trinajstić information content (AvgIpc) is 2.04. The van der Waals surface area contributed by atoms with Gasteiger partial charge in [-0.25, -0.2) is 10.0 Å². The predicted molar refractivity (Wildman–Crippen MR) is 49.8 cm³/mol. The fourth-order valence-electron chi connectivity index (χ4n) is 0. The van der Waals surface area contributed by atoms with Gasteiger partial charge in [0.2, 0.25) is 0 Å². The smallest absolute Gasteiger partial charge is 0.0689 e. The van der Waals surface area contributed by atoms with Crippen LogP contribution in [-0.4, -0.2) is 43.3 Å². The van der Waals surface area contributed by atoms with Crippen molar-refractivity contribution >= 4 is 0 Å². The van der Waals surface area contributed by atoms with Crippen LogP contribution in [-0.2, 0) is 0 Å². The van der Waals surface area contributed by atoms with Crippen LogP contribution in [0.25, 0.3) is 0 Å². The standard InChI is InChI=1S/2C2H9N3.ClH.NO3/c2*1-5(2)4-3;;2-1(3)4/h2*4H,3H2,1-2H3;1H;/q;;;-1/p+1. The molecule has 0 aromatic rings. The molecule has 0 heterocycles. The van der Waals surface area contributed by atoms with E-state index in [9.17, 15) is 0 Å². The summed E-state index contributed by atoms with van der Waals surface area (Å²) in [6.07, 6.45) is 0. The van der Waals surface area contributed by atoms with Crippen molar-refractivity contribution in [3.8, 4) is 0 Å². The van der Waals surface area contributed by atoms with Crippen molar-refractivity contribution in [2.45, 2.75) is 0 Å². The molecule has 0 aromatic heterocycles. The largest absolute Gasteiger partial charge is 1.00 e. The molecule has 0 atom stereocenters. The van der Waals surface area contributed by atoms with Crippen LogP contribution < -0.4 is 35.2 Å². The summed E-state index contributed by atoms with van der Waals surface area (Å²) in [4.78, 5) is 8.25. The van der Waals surface area contributed by atoms with Crippen LogP contribution in [0.3, 0.4) is 0 Å². The highest BCUT2D eigenvalue weighted by Gasteiger charge is 1.73. The van der Waals surface area contributed by atoms with E-state index < -0.39 is 5.09 Å². The topological polar surface area (TPSA) is 152 Å². The van der Waals surface area contributed by atoms with Gasteiger partial charge in [0.15, 0.2) is 0 Å². The number of hydrazine groups is 2. The van der Waals surface area contributed by atoms with Gasteiger partial charge in [0.25, 0.3) is 0 Å². The number of hydrogen-bond donors (Lipinski definition) is 4. The van der Waals surface area contributed by atoms with Crippen LogP contribution >= 0.6 is 0 Å². The lowest BCUT2D eigenvalue weighted by atomic mass is 11.2. The van der Waals surface area contributed by atoms with Crippen LogP contribution in [0.1, 0.15) is 0 Å². The SMILES string of the molecule is CN(C)N[NH3+].CN(C)N[NH3+].O=[N+]([O-])[O-].[Cl-]. The quantitative estimate of drug-likeness (QED) is 0.280. The number of halogens is 1. The first-order chi connectivity index (χ1) is 6.27. The Bertz CT molecular complexity index is 113. The Balaban J connectivity index is -0.0000000590. The van der Waals surface area contributed by atoms with E-state index >= 15 is 0 Å². The van der Waals surface area contributed by atoms with Gasteiger partial charge in [-0.3, -0.25) is 11.7 Å². The lowest BCUT2D eigenvalue weighted by molar-refractivity contribution is -0.483. The third kappa shape index (κ3) is 159. The molecule has 15 heavy (non-hydrogen) atoms. The molecule has 0 bridgehead atoms. The van der Waals surface area contributed by atoms with Crippen molar-refractivity contribution in [1.82, 2.24) is 21.1 Å². The maximum atomic E-state index is 8.25. The van der Waals surface area contributed by atoms with E-state index in [2.05, 4.69) is 22.8 Å². The molecule has 0 saturated carbocycles.